The monoisotopic (exact) mass is 334 g/mol. The largest absolute Gasteiger partial charge is 0.394 e. The van der Waals surface area contributed by atoms with Crippen LogP contribution < -0.4 is 16.8 Å². The van der Waals surface area contributed by atoms with Crippen molar-refractivity contribution in [2.45, 2.75) is 24.9 Å². The van der Waals surface area contributed by atoms with E-state index in [4.69, 9.17) is 24.9 Å². The molecule has 1 fully saturated rings. The van der Waals surface area contributed by atoms with Crippen molar-refractivity contribution in [1.29, 1.82) is 5.26 Å². The summed E-state index contributed by atoms with van der Waals surface area (Å²) < 4.78 is 6.29. The Morgan fingerprint density at radius 1 is 1.55 bits per heavy atom. The van der Waals surface area contributed by atoms with Gasteiger partial charge in [-0.25, -0.2) is 4.79 Å². The first kappa shape index (κ1) is 18.4. The van der Waals surface area contributed by atoms with Crippen LogP contribution in [0.25, 0.3) is 0 Å². The lowest BCUT2D eigenvalue weighted by Gasteiger charge is -2.14. The van der Waals surface area contributed by atoms with Crippen LogP contribution in [0, 0.1) is 11.3 Å². The van der Waals surface area contributed by atoms with E-state index in [1.165, 1.54) is 0 Å². The van der Waals surface area contributed by atoms with Gasteiger partial charge in [-0.1, -0.05) is 0 Å². The van der Waals surface area contributed by atoms with Gasteiger partial charge < -0.3 is 24.7 Å². The first-order chi connectivity index (χ1) is 10.3. The van der Waals surface area contributed by atoms with E-state index < -0.39 is 38.2 Å². The second-order valence-electron chi connectivity index (χ2n) is 4.26. The molecule has 1 aliphatic rings. The summed E-state index contributed by atoms with van der Waals surface area (Å²) in [6, 6.07) is 1.65. The van der Waals surface area contributed by atoms with Gasteiger partial charge in [-0.2, -0.15) is 5.26 Å². The molecule has 0 saturated carbocycles. The third-order valence-electron chi connectivity index (χ3n) is 2.78. The third-order valence-corrected chi connectivity index (χ3v) is 2.78. The molecule has 3 atom stereocenters. The van der Waals surface area contributed by atoms with Crippen molar-refractivity contribution in [1.82, 2.24) is 9.55 Å². The zero-order chi connectivity index (χ0) is 16.9. The normalized spacial score (nSPS) is 23.8. The lowest BCUT2D eigenvalue weighted by molar-refractivity contribution is -0.0459. The molecule has 2 heterocycles. The van der Waals surface area contributed by atoms with Crippen molar-refractivity contribution in [3.63, 3.8) is 0 Å². The van der Waals surface area contributed by atoms with E-state index >= 15 is 0 Å². The Hall–Kier alpha value is -1.64. The predicted molar refractivity (Wildman–Crippen MR) is 73.2 cm³/mol. The number of aromatic nitrogens is 2. The number of nitrogens with two attached hydrogens (primary N) is 1. The van der Waals surface area contributed by atoms with Crippen molar-refractivity contribution in [3.8, 4) is 6.07 Å². The highest BCUT2D eigenvalue weighted by Gasteiger charge is 2.35. The van der Waals surface area contributed by atoms with Crippen molar-refractivity contribution >= 4 is 8.53 Å². The third kappa shape index (κ3) is 4.69. The summed E-state index contributed by atoms with van der Waals surface area (Å²) in [7, 11) is -2.12. The van der Waals surface area contributed by atoms with Crippen LogP contribution in [0.4, 0.5) is 0 Å². The zero-order valence-corrected chi connectivity index (χ0v) is 12.1. The van der Waals surface area contributed by atoms with E-state index in [2.05, 4.69) is 5.50 Å². The van der Waals surface area contributed by atoms with Gasteiger partial charge in [0.2, 0.25) is 8.53 Å². The maximum Gasteiger partial charge on any atom is 0.330 e. The molecule has 2 rings (SSSR count). The minimum Gasteiger partial charge on any atom is -0.394 e. The van der Waals surface area contributed by atoms with Crippen LogP contribution in [0.2, 0.25) is 0 Å². The highest BCUT2D eigenvalue weighted by atomic mass is 31.2. The number of nitrogens with zero attached hydrogens (tertiary/aromatic N) is 2. The number of hydrogen-bond acceptors (Lipinski definition) is 9. The Labute approximate surface area is 124 Å². The van der Waals surface area contributed by atoms with E-state index in [-0.39, 0.29) is 18.6 Å². The van der Waals surface area contributed by atoms with Gasteiger partial charge >= 0.3 is 5.69 Å². The fourth-order valence-electron chi connectivity index (χ4n) is 1.83. The molecule has 122 valence electrons. The number of rotatable bonds is 2. The van der Waals surface area contributed by atoms with Gasteiger partial charge in [0.05, 0.1) is 12.7 Å². The standard InChI is InChI=1S/C10H11N3O5.H4NO2P/c11-2-5-3-13(10(17)12-9(5)16)8-1-6(15)7(4-14)18-8;1-4(2)3/h3,6-8,14-15H,1,4H2,(H,12,16,17);2-3H,1H2/t6-,7+,8+;/m0./s1. The number of aliphatic hydroxyl groups excluding tert-OH is 2. The maximum absolute atomic E-state index is 11.6. The zero-order valence-electron chi connectivity index (χ0n) is 11.2. The highest BCUT2D eigenvalue weighted by molar-refractivity contribution is 7.42. The molecule has 22 heavy (non-hydrogen) atoms. The van der Waals surface area contributed by atoms with Gasteiger partial charge in [0.15, 0.2) is 0 Å². The number of aliphatic hydroxyl groups is 2. The molecule has 0 radical (unpaired) electrons. The molecule has 0 aliphatic carbocycles. The van der Waals surface area contributed by atoms with Crippen molar-refractivity contribution in [2.24, 2.45) is 5.50 Å². The van der Waals surface area contributed by atoms with Crippen LogP contribution in [0.1, 0.15) is 18.2 Å². The lowest BCUT2D eigenvalue weighted by atomic mass is 10.2. The van der Waals surface area contributed by atoms with Gasteiger partial charge in [-0.15, -0.1) is 0 Å². The van der Waals surface area contributed by atoms with Crippen LogP contribution in [-0.4, -0.2) is 48.4 Å². The second kappa shape index (κ2) is 8.11. The van der Waals surface area contributed by atoms with Gasteiger partial charge in [0, 0.05) is 12.6 Å². The molecule has 0 unspecified atom stereocenters. The van der Waals surface area contributed by atoms with Gasteiger partial charge in [-0.05, 0) is 0 Å². The van der Waals surface area contributed by atoms with Crippen LogP contribution in [0.5, 0.6) is 0 Å². The summed E-state index contributed by atoms with van der Waals surface area (Å²) in [5.41, 5.74) is 2.57. The molecule has 1 aliphatic heterocycles. The number of nitrogens with one attached hydrogen (secondary N) is 1. The number of aromatic amines is 1. The maximum atomic E-state index is 11.6. The molecule has 0 bridgehead atoms. The van der Waals surface area contributed by atoms with Crippen molar-refractivity contribution < 1.29 is 24.7 Å². The average Bonchev–Trinajstić information content (AvgIpc) is 2.79. The summed E-state index contributed by atoms with van der Waals surface area (Å²) in [5, 5.41) is 27.2. The molecular formula is C10H15N4O7P. The molecule has 11 nitrogen and oxygen atoms in total. The minimum atomic E-state index is -2.12. The van der Waals surface area contributed by atoms with Gasteiger partial charge in [0.25, 0.3) is 5.56 Å². The Kier molecular flexibility index (Phi) is 6.79. The summed E-state index contributed by atoms with van der Waals surface area (Å²) in [4.78, 5) is 39.7. The number of hydrogen-bond donors (Lipinski definition) is 6. The topological polar surface area (TPSA) is 195 Å². The fraction of sp³-hybridized carbons (Fsp3) is 0.500. The fourth-order valence-corrected chi connectivity index (χ4v) is 1.83. The SMILES string of the molecule is N#Cc1cn([C@H]2C[C@H](O)[C@@H](CO)O2)c(=O)[nH]c1=O.NP(O)O. The van der Waals surface area contributed by atoms with E-state index in [0.29, 0.717) is 0 Å². The first-order valence-corrected chi connectivity index (χ1v) is 7.24. The highest BCUT2D eigenvalue weighted by Crippen LogP contribution is 2.27. The molecular weight excluding hydrogens is 319 g/mol. The van der Waals surface area contributed by atoms with Crippen molar-refractivity contribution in [3.05, 3.63) is 32.6 Å². The second-order valence-corrected chi connectivity index (χ2v) is 4.90. The summed E-state index contributed by atoms with van der Waals surface area (Å²) in [6.07, 6.45) is -1.31. The van der Waals surface area contributed by atoms with Crippen LogP contribution in [-0.2, 0) is 4.74 Å². The molecule has 1 aromatic heterocycles. The number of H-pyrrole nitrogens is 1. The Balaban J connectivity index is 0.000000541. The Morgan fingerprint density at radius 3 is 2.59 bits per heavy atom. The molecule has 0 spiro atoms. The van der Waals surface area contributed by atoms with E-state index in [0.717, 1.165) is 10.8 Å². The molecule has 1 aromatic rings. The average molecular weight is 334 g/mol. The Morgan fingerprint density at radius 2 is 2.14 bits per heavy atom. The number of ether oxygens (including phenoxy) is 1. The van der Waals surface area contributed by atoms with Gasteiger partial charge in [0.1, 0.15) is 24.0 Å². The summed E-state index contributed by atoms with van der Waals surface area (Å²) in [5.74, 6) is 0. The molecule has 1 saturated heterocycles. The molecule has 0 amide bonds. The molecule has 0 aromatic carbocycles. The van der Waals surface area contributed by atoms with Crippen molar-refractivity contribution in [2.75, 3.05) is 6.61 Å². The van der Waals surface area contributed by atoms with E-state index in [9.17, 15) is 14.7 Å². The summed E-state index contributed by atoms with van der Waals surface area (Å²) >= 11 is 0. The van der Waals surface area contributed by atoms with Crippen LogP contribution in [0.15, 0.2) is 15.8 Å². The van der Waals surface area contributed by atoms with Crippen LogP contribution in [0.3, 0.4) is 0 Å². The molecule has 7 N–H and O–H groups in total. The lowest BCUT2D eigenvalue weighted by Crippen LogP contribution is -2.33. The quantitative estimate of drug-likeness (QED) is 0.310. The van der Waals surface area contributed by atoms with E-state index in [1.807, 2.05) is 4.98 Å². The minimum absolute atomic E-state index is 0.0993. The summed E-state index contributed by atoms with van der Waals surface area (Å²) in [6.45, 7) is -0.374. The Bertz CT molecular complexity index is 649. The smallest absolute Gasteiger partial charge is 0.330 e. The van der Waals surface area contributed by atoms with Crippen LogP contribution >= 0.6 is 8.53 Å². The van der Waals surface area contributed by atoms with E-state index in [1.54, 1.807) is 6.07 Å². The van der Waals surface area contributed by atoms with Gasteiger partial charge in [-0.3, -0.25) is 19.8 Å². The predicted octanol–water partition coefficient (Wildman–Crippen LogP) is -2.79. The molecule has 12 heteroatoms. The number of nitriles is 1. The first-order valence-electron chi connectivity index (χ1n) is 5.92.